The van der Waals surface area contributed by atoms with Gasteiger partial charge in [0.15, 0.2) is 0 Å². The number of benzene rings is 1. The fourth-order valence-corrected chi connectivity index (χ4v) is 6.52. The highest BCUT2D eigenvalue weighted by Crippen LogP contribution is 2.39. The number of anilines is 2. The summed E-state index contributed by atoms with van der Waals surface area (Å²) in [6, 6.07) is 8.27. The topological polar surface area (TPSA) is 163 Å². The predicted molar refractivity (Wildman–Crippen MR) is 169 cm³/mol. The number of hydrogen-bond acceptors (Lipinski definition) is 13. The monoisotopic (exact) mass is 693 g/mol. The van der Waals surface area contributed by atoms with E-state index in [9.17, 15) is 18.4 Å². The van der Waals surface area contributed by atoms with E-state index in [4.69, 9.17) is 14.2 Å². The van der Waals surface area contributed by atoms with E-state index in [2.05, 4.69) is 57.8 Å². The molecule has 3 aromatic heterocycles. The van der Waals surface area contributed by atoms with E-state index in [-0.39, 0.29) is 30.6 Å². The maximum absolute atomic E-state index is 12.6. The molecule has 1 saturated heterocycles. The number of nitriles is 1. The van der Waals surface area contributed by atoms with Crippen molar-refractivity contribution in [1.82, 2.24) is 44.9 Å². The molecular formula is C32H34F3N11O4. The van der Waals surface area contributed by atoms with Crippen LogP contribution in [-0.2, 0) is 16.0 Å². The summed E-state index contributed by atoms with van der Waals surface area (Å²) >= 11 is 0. The molecule has 1 aromatic carbocycles. The third-order valence-corrected chi connectivity index (χ3v) is 8.86. The van der Waals surface area contributed by atoms with E-state index in [0.717, 1.165) is 50.0 Å². The van der Waals surface area contributed by atoms with Gasteiger partial charge in [-0.3, -0.25) is 9.42 Å². The number of ether oxygens (including phenoxy) is 4. The highest BCUT2D eigenvalue weighted by molar-refractivity contribution is 5.67. The summed E-state index contributed by atoms with van der Waals surface area (Å²) in [5, 5.41) is 28.4. The van der Waals surface area contributed by atoms with Crippen LogP contribution < -0.4 is 14.8 Å². The lowest BCUT2D eigenvalue weighted by atomic mass is 9.90. The molecule has 0 amide bonds. The lowest BCUT2D eigenvalue weighted by Crippen LogP contribution is -2.41. The fourth-order valence-electron chi connectivity index (χ4n) is 6.52. The van der Waals surface area contributed by atoms with Crippen molar-refractivity contribution in [3.8, 4) is 28.8 Å². The molecule has 1 aliphatic carbocycles. The molecule has 262 valence electrons. The first kappa shape index (κ1) is 33.1. The Kier molecular flexibility index (Phi) is 9.39. The average Bonchev–Trinajstić information content (AvgIpc) is 3.94. The molecule has 0 radical (unpaired) electrons. The summed E-state index contributed by atoms with van der Waals surface area (Å²) in [7, 11) is 0. The Balaban J connectivity index is 1.03. The van der Waals surface area contributed by atoms with Crippen molar-refractivity contribution in [3.05, 3.63) is 60.6 Å². The molecule has 0 spiro atoms. The summed E-state index contributed by atoms with van der Waals surface area (Å²) in [5.74, 6) is 1.80. The van der Waals surface area contributed by atoms with Crippen LogP contribution >= 0.6 is 0 Å². The summed E-state index contributed by atoms with van der Waals surface area (Å²) < 4.78 is 62.2. The lowest BCUT2D eigenvalue weighted by Gasteiger charge is -2.38. The molecule has 2 fully saturated rings. The van der Waals surface area contributed by atoms with Gasteiger partial charge < -0.3 is 24.4 Å². The molecule has 2 bridgehead atoms. The smallest absolute Gasteiger partial charge is 0.494 e. The van der Waals surface area contributed by atoms with E-state index < -0.39 is 13.0 Å². The van der Waals surface area contributed by atoms with Crippen LogP contribution in [-0.4, -0.2) is 89.2 Å². The summed E-state index contributed by atoms with van der Waals surface area (Å²) in [5.41, 5.74) is 2.17. The minimum Gasteiger partial charge on any atom is -0.494 e. The second kappa shape index (κ2) is 14.2. The molecular weight excluding hydrogens is 659 g/mol. The maximum atomic E-state index is 12.6. The van der Waals surface area contributed by atoms with Crippen LogP contribution in [0, 0.1) is 11.3 Å². The van der Waals surface area contributed by atoms with Crippen LogP contribution in [0.5, 0.6) is 11.6 Å². The van der Waals surface area contributed by atoms with Crippen LogP contribution in [0.25, 0.3) is 11.1 Å². The zero-order valence-corrected chi connectivity index (χ0v) is 27.0. The fraction of sp³-hybridized carbons (Fsp3) is 0.469. The van der Waals surface area contributed by atoms with Gasteiger partial charge in [0.25, 0.3) is 5.88 Å². The van der Waals surface area contributed by atoms with Crippen molar-refractivity contribution in [3.63, 3.8) is 0 Å². The van der Waals surface area contributed by atoms with Gasteiger partial charge in [-0.1, -0.05) is 6.07 Å². The van der Waals surface area contributed by atoms with Crippen molar-refractivity contribution in [2.75, 3.05) is 25.1 Å². The molecule has 5 heterocycles. The van der Waals surface area contributed by atoms with Crippen molar-refractivity contribution in [1.29, 1.82) is 5.26 Å². The second-order valence-electron chi connectivity index (χ2n) is 12.3. The van der Waals surface area contributed by atoms with E-state index in [1.807, 2.05) is 11.6 Å². The molecule has 7 rings (SSSR count). The molecule has 4 aromatic rings. The van der Waals surface area contributed by atoms with E-state index in [1.165, 1.54) is 11.0 Å². The van der Waals surface area contributed by atoms with Crippen LogP contribution in [0.4, 0.5) is 24.8 Å². The zero-order valence-electron chi connectivity index (χ0n) is 27.0. The second-order valence-corrected chi connectivity index (χ2v) is 12.3. The molecule has 50 heavy (non-hydrogen) atoms. The number of nitrogens with one attached hydrogen (secondary N) is 1. The number of tetrazole rings is 1. The highest BCUT2D eigenvalue weighted by Gasteiger charge is 2.38. The third kappa shape index (κ3) is 7.72. The summed E-state index contributed by atoms with van der Waals surface area (Å²) in [6.07, 6.45) is 8.23. The molecule has 2 atom stereocenters. The number of alkyl halides is 3. The Morgan fingerprint density at radius 3 is 2.56 bits per heavy atom. The summed E-state index contributed by atoms with van der Waals surface area (Å²) in [4.78, 5) is 11.4. The van der Waals surface area contributed by atoms with Gasteiger partial charge in [0.1, 0.15) is 48.9 Å². The van der Waals surface area contributed by atoms with E-state index in [0.29, 0.717) is 41.2 Å². The van der Waals surface area contributed by atoms with Crippen molar-refractivity contribution >= 4 is 11.6 Å². The van der Waals surface area contributed by atoms with Gasteiger partial charge in [-0.25, -0.2) is 14.6 Å². The minimum atomic E-state index is -4.76. The number of aromatic nitrogens is 8. The average molecular weight is 694 g/mol. The minimum absolute atomic E-state index is 0.0888. The Labute approximate surface area is 284 Å². The standard InChI is InChI=1S/C32H34F3N11O4/c1-20(15-44-19-39-42-43-44)50-29-10-21(2-3-22(29)12-36)23-13-37-31(38-14-23)40-28-17-46(41-30(28)47-8-9-49-32(33,34)35)25-6-4-24(5-7-25)45-16-27-11-26(45)18-48-27/h2-3,10,13-14,16-17,19-20,24-26H,4-9,11,15,18H2,1H3,(H,37,38,40)/t20-,24-,25-,26+/m0/s1. The maximum Gasteiger partial charge on any atom is 0.522 e. The number of fused-ring (bicyclic) bond motifs is 2. The normalized spacial score (nSPS) is 20.6. The molecule has 0 unspecified atom stereocenters. The first-order chi connectivity index (χ1) is 24.2. The number of rotatable bonds is 13. The largest absolute Gasteiger partial charge is 0.522 e. The first-order valence-electron chi connectivity index (χ1n) is 16.3. The molecule has 1 saturated carbocycles. The Hall–Kier alpha value is -5.44. The summed E-state index contributed by atoms with van der Waals surface area (Å²) in [6.45, 7) is 1.93. The molecule has 15 nitrogen and oxygen atoms in total. The number of nitrogens with zero attached hydrogens (tertiary/aromatic N) is 10. The Bertz CT molecular complexity index is 1840. The van der Waals surface area contributed by atoms with Gasteiger partial charge in [-0.05, 0) is 60.7 Å². The number of hydrogen-bond donors (Lipinski definition) is 1. The van der Waals surface area contributed by atoms with E-state index in [1.54, 1.807) is 36.8 Å². The van der Waals surface area contributed by atoms with Crippen molar-refractivity contribution in [2.24, 2.45) is 0 Å². The van der Waals surface area contributed by atoms with Gasteiger partial charge in [0.05, 0.1) is 37.0 Å². The van der Waals surface area contributed by atoms with Gasteiger partial charge in [-0.15, -0.1) is 23.4 Å². The highest BCUT2D eigenvalue weighted by atomic mass is 19.4. The number of halogens is 3. The Morgan fingerprint density at radius 1 is 1.08 bits per heavy atom. The van der Waals surface area contributed by atoms with E-state index >= 15 is 0 Å². The quantitative estimate of drug-likeness (QED) is 0.191. The SMILES string of the molecule is C[C@@H](Cn1cnnn1)Oc1cc(-c2cnc(Nc3cn([C@H]4CC[C@H](N5C=C6C[C@@H]5CO6)CC4)nc3OCCOC(F)(F)F)nc2)ccc1C#N. The van der Waals surface area contributed by atoms with Crippen LogP contribution in [0.1, 0.15) is 50.6 Å². The van der Waals surface area contributed by atoms with Crippen LogP contribution in [0.3, 0.4) is 0 Å². The van der Waals surface area contributed by atoms with Gasteiger partial charge in [0, 0.05) is 36.6 Å². The van der Waals surface area contributed by atoms with Gasteiger partial charge in [-0.2, -0.15) is 5.26 Å². The molecule has 18 heteroatoms. The van der Waals surface area contributed by atoms with Crippen LogP contribution in [0.15, 0.2) is 55.1 Å². The molecule has 1 N–H and O–H groups in total. The lowest BCUT2D eigenvalue weighted by molar-refractivity contribution is -0.325. The Morgan fingerprint density at radius 2 is 1.88 bits per heavy atom. The zero-order chi connectivity index (χ0) is 34.7. The van der Waals surface area contributed by atoms with Gasteiger partial charge in [0.2, 0.25) is 5.95 Å². The van der Waals surface area contributed by atoms with Gasteiger partial charge >= 0.3 is 6.36 Å². The molecule has 3 aliphatic rings. The third-order valence-electron chi connectivity index (χ3n) is 8.86. The predicted octanol–water partition coefficient (Wildman–Crippen LogP) is 4.75. The first-order valence-corrected chi connectivity index (χ1v) is 16.3. The van der Waals surface area contributed by atoms with Crippen molar-refractivity contribution in [2.45, 2.75) is 76.2 Å². The molecule has 2 aliphatic heterocycles. The van der Waals surface area contributed by atoms with Crippen LogP contribution in [0.2, 0.25) is 0 Å². The van der Waals surface area contributed by atoms with Crippen molar-refractivity contribution < 1.29 is 32.1 Å².